The lowest BCUT2D eigenvalue weighted by molar-refractivity contribution is 0.262. The van der Waals surface area contributed by atoms with Crippen LogP contribution in [0.3, 0.4) is 0 Å². The molecule has 3 aromatic rings. The van der Waals surface area contributed by atoms with Crippen LogP contribution in [-0.4, -0.2) is 20.6 Å². The number of rotatable bonds is 3. The topological polar surface area (TPSA) is 71.3 Å². The summed E-state index contributed by atoms with van der Waals surface area (Å²) in [7, 11) is 0. The highest BCUT2D eigenvalue weighted by Gasteiger charge is 2.06. The first-order valence-corrected chi connectivity index (χ1v) is 6.71. The van der Waals surface area contributed by atoms with Crippen LogP contribution in [0.4, 0.5) is 16.2 Å². The second-order valence-corrected chi connectivity index (χ2v) is 4.60. The SMILES string of the molecule is CCc1ccccc1NC(=O)Nc1ccc2nncn2c1. The van der Waals surface area contributed by atoms with Gasteiger partial charge in [-0.2, -0.15) is 0 Å². The molecule has 0 radical (unpaired) electrons. The molecule has 3 rings (SSSR count). The number of nitrogens with one attached hydrogen (secondary N) is 2. The Balaban J connectivity index is 1.73. The van der Waals surface area contributed by atoms with Crippen LogP contribution < -0.4 is 10.6 Å². The smallest absolute Gasteiger partial charge is 0.307 e. The molecule has 21 heavy (non-hydrogen) atoms. The van der Waals surface area contributed by atoms with Gasteiger partial charge in [-0.25, -0.2) is 4.79 Å². The van der Waals surface area contributed by atoms with E-state index in [0.29, 0.717) is 5.69 Å². The summed E-state index contributed by atoms with van der Waals surface area (Å²) in [6.45, 7) is 2.05. The van der Waals surface area contributed by atoms with Gasteiger partial charge in [0.25, 0.3) is 0 Å². The summed E-state index contributed by atoms with van der Waals surface area (Å²) in [5.74, 6) is 0. The monoisotopic (exact) mass is 281 g/mol. The maximum atomic E-state index is 12.1. The molecule has 0 saturated heterocycles. The number of anilines is 2. The fourth-order valence-corrected chi connectivity index (χ4v) is 2.14. The van der Waals surface area contributed by atoms with E-state index in [1.165, 1.54) is 0 Å². The Kier molecular flexibility index (Phi) is 3.51. The minimum atomic E-state index is -0.275. The van der Waals surface area contributed by atoms with Gasteiger partial charge in [0.1, 0.15) is 6.33 Å². The molecular formula is C15H15N5O. The Morgan fingerprint density at radius 2 is 2.05 bits per heavy atom. The summed E-state index contributed by atoms with van der Waals surface area (Å²) in [5, 5.41) is 13.4. The van der Waals surface area contributed by atoms with E-state index in [2.05, 4.69) is 27.8 Å². The van der Waals surface area contributed by atoms with Crippen molar-refractivity contribution in [1.29, 1.82) is 0 Å². The van der Waals surface area contributed by atoms with Crippen molar-refractivity contribution in [1.82, 2.24) is 14.6 Å². The van der Waals surface area contributed by atoms with Crippen LogP contribution in [-0.2, 0) is 6.42 Å². The summed E-state index contributed by atoms with van der Waals surface area (Å²) in [5.41, 5.74) is 3.33. The van der Waals surface area contributed by atoms with Gasteiger partial charge in [-0.15, -0.1) is 10.2 Å². The largest absolute Gasteiger partial charge is 0.323 e. The minimum absolute atomic E-state index is 0.275. The molecule has 2 N–H and O–H groups in total. The van der Waals surface area contributed by atoms with Crippen LogP contribution in [0.15, 0.2) is 48.9 Å². The Morgan fingerprint density at radius 1 is 1.19 bits per heavy atom. The molecule has 0 spiro atoms. The number of para-hydroxylation sites is 1. The Hall–Kier alpha value is -2.89. The summed E-state index contributed by atoms with van der Waals surface area (Å²) in [6.07, 6.45) is 4.22. The van der Waals surface area contributed by atoms with Crippen LogP contribution in [0, 0.1) is 0 Å². The molecule has 0 fully saturated rings. The van der Waals surface area contributed by atoms with Gasteiger partial charge in [-0.05, 0) is 30.2 Å². The first-order chi connectivity index (χ1) is 10.3. The van der Waals surface area contributed by atoms with Crippen LogP contribution in [0.2, 0.25) is 0 Å². The normalized spacial score (nSPS) is 10.5. The number of hydrogen-bond donors (Lipinski definition) is 2. The fraction of sp³-hybridized carbons (Fsp3) is 0.133. The lowest BCUT2D eigenvalue weighted by atomic mass is 10.1. The number of hydrogen-bond acceptors (Lipinski definition) is 3. The molecule has 1 aromatic carbocycles. The minimum Gasteiger partial charge on any atom is -0.307 e. The predicted octanol–water partition coefficient (Wildman–Crippen LogP) is 2.94. The Bertz CT molecular complexity index is 780. The van der Waals surface area contributed by atoms with Crippen molar-refractivity contribution in [3.63, 3.8) is 0 Å². The number of aromatic nitrogens is 3. The van der Waals surface area contributed by atoms with E-state index in [-0.39, 0.29) is 6.03 Å². The lowest BCUT2D eigenvalue weighted by Gasteiger charge is -2.11. The summed E-state index contributed by atoms with van der Waals surface area (Å²) in [6, 6.07) is 11.1. The molecule has 6 nitrogen and oxygen atoms in total. The number of nitrogens with zero attached hydrogens (tertiary/aromatic N) is 3. The van der Waals surface area contributed by atoms with Crippen molar-refractivity contribution in [2.45, 2.75) is 13.3 Å². The van der Waals surface area contributed by atoms with Crippen LogP contribution >= 0.6 is 0 Å². The van der Waals surface area contributed by atoms with Gasteiger partial charge < -0.3 is 10.6 Å². The first kappa shape index (κ1) is 13.1. The van der Waals surface area contributed by atoms with Gasteiger partial charge in [-0.1, -0.05) is 25.1 Å². The molecule has 0 aliphatic heterocycles. The van der Waals surface area contributed by atoms with E-state index < -0.39 is 0 Å². The molecule has 106 valence electrons. The third-order valence-electron chi connectivity index (χ3n) is 3.20. The van der Waals surface area contributed by atoms with Gasteiger partial charge in [0.15, 0.2) is 5.65 Å². The summed E-state index contributed by atoms with van der Waals surface area (Å²) >= 11 is 0. The lowest BCUT2D eigenvalue weighted by Crippen LogP contribution is -2.20. The third-order valence-corrected chi connectivity index (χ3v) is 3.20. The molecule has 2 amide bonds. The van der Waals surface area contributed by atoms with Gasteiger partial charge in [-0.3, -0.25) is 4.40 Å². The van der Waals surface area contributed by atoms with Crippen molar-refractivity contribution in [3.05, 3.63) is 54.5 Å². The molecule has 0 bridgehead atoms. The van der Waals surface area contributed by atoms with E-state index in [9.17, 15) is 4.79 Å². The molecule has 0 aliphatic rings. The first-order valence-electron chi connectivity index (χ1n) is 6.71. The molecule has 2 heterocycles. The second-order valence-electron chi connectivity index (χ2n) is 4.60. The maximum Gasteiger partial charge on any atom is 0.323 e. The van der Waals surface area contributed by atoms with Gasteiger partial charge in [0.2, 0.25) is 0 Å². The zero-order valence-corrected chi connectivity index (χ0v) is 11.6. The Morgan fingerprint density at radius 3 is 2.90 bits per heavy atom. The maximum absolute atomic E-state index is 12.1. The van der Waals surface area contributed by atoms with Crippen LogP contribution in [0.5, 0.6) is 0 Å². The predicted molar refractivity (Wildman–Crippen MR) is 81.4 cm³/mol. The van der Waals surface area contributed by atoms with E-state index in [1.54, 1.807) is 29.1 Å². The highest BCUT2D eigenvalue weighted by molar-refractivity contribution is 6.00. The second kappa shape index (κ2) is 5.62. The van der Waals surface area contributed by atoms with Crippen molar-refractivity contribution < 1.29 is 4.79 Å². The molecule has 0 aliphatic carbocycles. The number of amides is 2. The van der Waals surface area contributed by atoms with Crippen LogP contribution in [0.25, 0.3) is 5.65 Å². The number of carbonyl (C=O) groups excluding carboxylic acids is 1. The van der Waals surface area contributed by atoms with Crippen molar-refractivity contribution in [3.8, 4) is 0 Å². The van der Waals surface area contributed by atoms with E-state index in [0.717, 1.165) is 23.3 Å². The Labute approximate surface area is 121 Å². The molecular weight excluding hydrogens is 266 g/mol. The van der Waals surface area contributed by atoms with E-state index in [1.807, 2.05) is 24.3 Å². The van der Waals surface area contributed by atoms with Gasteiger partial charge in [0.05, 0.1) is 5.69 Å². The van der Waals surface area contributed by atoms with Gasteiger partial charge in [0, 0.05) is 11.9 Å². The molecule has 6 heteroatoms. The number of benzene rings is 1. The third kappa shape index (κ3) is 2.84. The number of pyridine rings is 1. The van der Waals surface area contributed by atoms with Crippen molar-refractivity contribution in [2.24, 2.45) is 0 Å². The zero-order valence-electron chi connectivity index (χ0n) is 11.6. The summed E-state index contributed by atoms with van der Waals surface area (Å²) < 4.78 is 1.75. The van der Waals surface area contributed by atoms with E-state index in [4.69, 9.17) is 0 Å². The summed E-state index contributed by atoms with van der Waals surface area (Å²) in [4.78, 5) is 12.1. The standard InChI is InChI=1S/C15H15N5O/c1-2-11-5-3-4-6-13(11)18-15(21)17-12-7-8-14-19-16-10-20(14)9-12/h3-10H,2H2,1H3,(H2,17,18,21). The molecule has 2 aromatic heterocycles. The number of aryl methyl sites for hydroxylation is 1. The number of carbonyl (C=O) groups is 1. The fourth-order valence-electron chi connectivity index (χ4n) is 2.14. The van der Waals surface area contributed by atoms with Gasteiger partial charge >= 0.3 is 6.03 Å². The molecule has 0 unspecified atom stereocenters. The van der Waals surface area contributed by atoms with Crippen molar-refractivity contribution in [2.75, 3.05) is 10.6 Å². The highest BCUT2D eigenvalue weighted by atomic mass is 16.2. The average molecular weight is 281 g/mol. The number of fused-ring (bicyclic) bond motifs is 1. The highest BCUT2D eigenvalue weighted by Crippen LogP contribution is 2.16. The zero-order chi connectivity index (χ0) is 14.7. The number of urea groups is 1. The molecule has 0 saturated carbocycles. The van der Waals surface area contributed by atoms with Crippen molar-refractivity contribution >= 4 is 23.1 Å². The quantitative estimate of drug-likeness (QED) is 0.775. The van der Waals surface area contributed by atoms with E-state index >= 15 is 0 Å². The average Bonchev–Trinajstić information content (AvgIpc) is 2.95. The molecule has 0 atom stereocenters. The van der Waals surface area contributed by atoms with Crippen LogP contribution in [0.1, 0.15) is 12.5 Å².